The lowest BCUT2D eigenvalue weighted by Crippen LogP contribution is -2.36. The maximum atomic E-state index is 12.6. The highest BCUT2D eigenvalue weighted by Gasteiger charge is 2.32. The predicted octanol–water partition coefficient (Wildman–Crippen LogP) is 3.65. The van der Waals surface area contributed by atoms with E-state index < -0.39 is 14.9 Å². The van der Waals surface area contributed by atoms with Gasteiger partial charge in [-0.2, -0.15) is 4.31 Å². The van der Waals surface area contributed by atoms with E-state index in [4.69, 9.17) is 11.6 Å². The van der Waals surface area contributed by atoms with Crippen LogP contribution in [0.15, 0.2) is 10.3 Å². The fourth-order valence-corrected chi connectivity index (χ4v) is 5.82. The fraction of sp³-hybridized carbons (Fsp3) is 0.667. The Morgan fingerprint density at radius 1 is 1.33 bits per heavy atom. The molecule has 0 unspecified atom stereocenters. The molecule has 1 heterocycles. The van der Waals surface area contributed by atoms with Gasteiger partial charge in [-0.15, -0.1) is 11.3 Å². The van der Waals surface area contributed by atoms with Crippen LogP contribution in [0.4, 0.5) is 5.69 Å². The molecular formula is C12H17ClN2O4S2. The lowest BCUT2D eigenvalue weighted by molar-refractivity contribution is -0.384. The van der Waals surface area contributed by atoms with E-state index in [1.54, 1.807) is 7.05 Å². The number of hydrogen-bond acceptors (Lipinski definition) is 5. The summed E-state index contributed by atoms with van der Waals surface area (Å²) in [4.78, 5) is 10.1. The molecular weight excluding hydrogens is 336 g/mol. The summed E-state index contributed by atoms with van der Waals surface area (Å²) in [6.45, 7) is 0. The molecule has 0 radical (unpaired) electrons. The monoisotopic (exact) mass is 352 g/mol. The standard InChI is InChI=1S/C12H17ClN2O4S2/c1-14(9-6-4-2-3-5-7-9)21(18,19)11-8-10(15(16)17)12(13)20-11/h8-9H,2-7H2,1H3. The van der Waals surface area contributed by atoms with Gasteiger partial charge in [0.05, 0.1) is 4.92 Å². The van der Waals surface area contributed by atoms with Crippen molar-refractivity contribution in [2.45, 2.75) is 48.8 Å². The smallest absolute Gasteiger partial charge is 0.258 e. The molecule has 1 fully saturated rings. The summed E-state index contributed by atoms with van der Waals surface area (Å²) in [6.07, 6.45) is 5.93. The number of hydrogen-bond donors (Lipinski definition) is 0. The minimum atomic E-state index is -3.73. The van der Waals surface area contributed by atoms with Gasteiger partial charge in [0.2, 0.25) is 0 Å². The third-order valence-electron chi connectivity index (χ3n) is 3.82. The van der Waals surface area contributed by atoms with Gasteiger partial charge in [-0.3, -0.25) is 10.1 Å². The number of halogens is 1. The number of nitrogens with zero attached hydrogens (tertiary/aromatic N) is 2. The van der Waals surface area contributed by atoms with E-state index in [1.165, 1.54) is 4.31 Å². The van der Waals surface area contributed by atoms with Crippen molar-refractivity contribution in [2.75, 3.05) is 7.05 Å². The van der Waals surface area contributed by atoms with E-state index in [0.717, 1.165) is 55.9 Å². The Morgan fingerprint density at radius 2 is 1.90 bits per heavy atom. The average Bonchev–Trinajstić information content (AvgIpc) is 2.65. The maximum Gasteiger partial charge on any atom is 0.300 e. The van der Waals surface area contributed by atoms with Gasteiger partial charge in [0.25, 0.3) is 15.7 Å². The molecule has 118 valence electrons. The second kappa shape index (κ2) is 6.60. The summed E-state index contributed by atoms with van der Waals surface area (Å²) in [7, 11) is -2.18. The molecule has 0 N–H and O–H groups in total. The van der Waals surface area contributed by atoms with Crippen molar-refractivity contribution in [3.63, 3.8) is 0 Å². The first-order chi connectivity index (χ1) is 9.84. The fourth-order valence-electron chi connectivity index (χ4n) is 2.55. The molecule has 6 nitrogen and oxygen atoms in total. The molecule has 1 aliphatic rings. The van der Waals surface area contributed by atoms with Crippen LogP contribution in [0.5, 0.6) is 0 Å². The molecule has 2 rings (SSSR count). The minimum absolute atomic E-state index is 0.0440. The summed E-state index contributed by atoms with van der Waals surface area (Å²) in [6, 6.07) is 1.01. The number of nitro groups is 1. The highest BCUT2D eigenvalue weighted by molar-refractivity contribution is 7.91. The summed E-state index contributed by atoms with van der Waals surface area (Å²) in [5, 5.41) is 10.8. The zero-order chi connectivity index (χ0) is 15.6. The quantitative estimate of drug-likeness (QED) is 0.470. The van der Waals surface area contributed by atoms with Crippen LogP contribution in [-0.4, -0.2) is 30.7 Å². The van der Waals surface area contributed by atoms with Gasteiger partial charge in [0, 0.05) is 19.2 Å². The van der Waals surface area contributed by atoms with Crippen LogP contribution >= 0.6 is 22.9 Å². The highest BCUT2D eigenvalue weighted by atomic mass is 35.5. The van der Waals surface area contributed by atoms with Crippen LogP contribution in [0.1, 0.15) is 38.5 Å². The molecule has 9 heteroatoms. The summed E-state index contributed by atoms with van der Waals surface area (Å²) in [5.74, 6) is 0. The second-order valence-electron chi connectivity index (χ2n) is 5.15. The van der Waals surface area contributed by atoms with Crippen LogP contribution in [-0.2, 0) is 10.0 Å². The molecule has 1 aliphatic carbocycles. The van der Waals surface area contributed by atoms with Crippen molar-refractivity contribution in [1.82, 2.24) is 4.31 Å². The third kappa shape index (κ3) is 3.56. The van der Waals surface area contributed by atoms with E-state index in [1.807, 2.05) is 0 Å². The van der Waals surface area contributed by atoms with Gasteiger partial charge in [-0.1, -0.05) is 37.3 Å². The molecule has 0 saturated heterocycles. The summed E-state index contributed by atoms with van der Waals surface area (Å²) < 4.78 is 26.4. The highest BCUT2D eigenvalue weighted by Crippen LogP contribution is 2.38. The lowest BCUT2D eigenvalue weighted by atomic mass is 10.1. The zero-order valence-corrected chi connectivity index (χ0v) is 14.0. The van der Waals surface area contributed by atoms with Crippen molar-refractivity contribution < 1.29 is 13.3 Å². The molecule has 0 bridgehead atoms. The first-order valence-corrected chi connectivity index (χ1v) is 9.39. The van der Waals surface area contributed by atoms with E-state index in [0.29, 0.717) is 0 Å². The lowest BCUT2D eigenvalue weighted by Gasteiger charge is -2.25. The third-order valence-corrected chi connectivity index (χ3v) is 7.51. The van der Waals surface area contributed by atoms with Crippen LogP contribution < -0.4 is 0 Å². The van der Waals surface area contributed by atoms with E-state index >= 15 is 0 Å². The molecule has 1 aromatic rings. The van der Waals surface area contributed by atoms with Crippen molar-refractivity contribution in [2.24, 2.45) is 0 Å². The van der Waals surface area contributed by atoms with Crippen LogP contribution in [0.25, 0.3) is 0 Å². The average molecular weight is 353 g/mol. The Kier molecular flexibility index (Phi) is 5.24. The molecule has 0 aromatic carbocycles. The van der Waals surface area contributed by atoms with Crippen molar-refractivity contribution >= 4 is 38.6 Å². The first-order valence-electron chi connectivity index (χ1n) is 6.76. The van der Waals surface area contributed by atoms with Crippen LogP contribution in [0.2, 0.25) is 4.34 Å². The Balaban J connectivity index is 2.28. The maximum absolute atomic E-state index is 12.6. The molecule has 0 spiro atoms. The molecule has 0 amide bonds. The number of thiophene rings is 1. The zero-order valence-electron chi connectivity index (χ0n) is 11.6. The van der Waals surface area contributed by atoms with E-state index in [-0.39, 0.29) is 20.3 Å². The molecule has 0 atom stereocenters. The molecule has 1 aromatic heterocycles. The Morgan fingerprint density at radius 3 is 2.38 bits per heavy atom. The van der Waals surface area contributed by atoms with Crippen molar-refractivity contribution in [3.05, 3.63) is 20.5 Å². The first kappa shape index (κ1) is 16.7. The van der Waals surface area contributed by atoms with Gasteiger partial charge in [-0.05, 0) is 12.8 Å². The van der Waals surface area contributed by atoms with Gasteiger partial charge in [0.15, 0.2) is 4.34 Å². The van der Waals surface area contributed by atoms with Gasteiger partial charge >= 0.3 is 0 Å². The van der Waals surface area contributed by atoms with Crippen LogP contribution in [0.3, 0.4) is 0 Å². The second-order valence-corrected chi connectivity index (χ2v) is 9.03. The molecule has 0 aliphatic heterocycles. The Labute approximate surface area is 132 Å². The van der Waals surface area contributed by atoms with E-state index in [2.05, 4.69) is 0 Å². The topological polar surface area (TPSA) is 80.5 Å². The SMILES string of the molecule is CN(C1CCCCCC1)S(=O)(=O)c1cc([N+](=O)[O-])c(Cl)s1. The minimum Gasteiger partial charge on any atom is -0.258 e. The van der Waals surface area contributed by atoms with Gasteiger partial charge in [-0.25, -0.2) is 8.42 Å². The predicted molar refractivity (Wildman–Crippen MR) is 82.4 cm³/mol. The molecule has 21 heavy (non-hydrogen) atoms. The van der Waals surface area contributed by atoms with Crippen LogP contribution in [0, 0.1) is 10.1 Å². The van der Waals surface area contributed by atoms with Crippen molar-refractivity contribution in [3.8, 4) is 0 Å². The van der Waals surface area contributed by atoms with Gasteiger partial charge in [0.1, 0.15) is 4.21 Å². The summed E-state index contributed by atoms with van der Waals surface area (Å²) in [5.41, 5.74) is -0.352. The molecule has 1 saturated carbocycles. The largest absolute Gasteiger partial charge is 0.300 e. The summed E-state index contributed by atoms with van der Waals surface area (Å²) >= 11 is 6.50. The number of sulfonamides is 1. The Bertz CT molecular complexity index is 621. The number of rotatable bonds is 4. The van der Waals surface area contributed by atoms with E-state index in [9.17, 15) is 18.5 Å². The van der Waals surface area contributed by atoms with Gasteiger partial charge < -0.3 is 0 Å². The Hall–Kier alpha value is -0.700. The van der Waals surface area contributed by atoms with Crippen molar-refractivity contribution in [1.29, 1.82) is 0 Å². The normalized spacial score (nSPS) is 17.9.